The van der Waals surface area contributed by atoms with Crippen LogP contribution in [0, 0.1) is 12.8 Å². The molecule has 4 heteroatoms. The van der Waals surface area contributed by atoms with Gasteiger partial charge in [-0.1, -0.05) is 6.07 Å². The third-order valence-corrected chi connectivity index (χ3v) is 3.33. The zero-order valence-corrected chi connectivity index (χ0v) is 10.5. The molecule has 0 atom stereocenters. The first-order valence-electron chi connectivity index (χ1n) is 6.22. The van der Waals surface area contributed by atoms with Crippen molar-refractivity contribution in [1.29, 1.82) is 0 Å². The van der Waals surface area contributed by atoms with Crippen LogP contribution in [-0.2, 0) is 4.74 Å². The lowest BCUT2D eigenvalue weighted by Crippen LogP contribution is -2.21. The van der Waals surface area contributed by atoms with Crippen molar-refractivity contribution < 1.29 is 19.4 Å². The fourth-order valence-electron chi connectivity index (χ4n) is 2.12. The van der Waals surface area contributed by atoms with Crippen LogP contribution in [-0.4, -0.2) is 30.9 Å². The molecule has 1 N–H and O–H groups in total. The molecule has 1 fully saturated rings. The van der Waals surface area contributed by atoms with E-state index in [1.165, 1.54) is 0 Å². The molecule has 0 aromatic heterocycles. The number of benzene rings is 1. The van der Waals surface area contributed by atoms with Crippen molar-refractivity contribution >= 4 is 5.97 Å². The summed E-state index contributed by atoms with van der Waals surface area (Å²) in [7, 11) is 0. The molecule has 0 bridgehead atoms. The van der Waals surface area contributed by atoms with Crippen molar-refractivity contribution in [2.75, 3.05) is 19.8 Å². The average Bonchev–Trinajstić information content (AvgIpc) is 2.38. The predicted molar refractivity (Wildman–Crippen MR) is 67.2 cm³/mol. The monoisotopic (exact) mass is 250 g/mol. The number of rotatable bonds is 4. The van der Waals surface area contributed by atoms with Gasteiger partial charge < -0.3 is 14.6 Å². The van der Waals surface area contributed by atoms with E-state index < -0.39 is 5.97 Å². The van der Waals surface area contributed by atoms with Gasteiger partial charge in [0.05, 0.1) is 12.2 Å². The zero-order chi connectivity index (χ0) is 13.0. The second kappa shape index (κ2) is 5.87. The molecule has 0 spiro atoms. The minimum absolute atomic E-state index is 0.305. The Morgan fingerprint density at radius 3 is 2.83 bits per heavy atom. The van der Waals surface area contributed by atoms with Crippen LogP contribution in [0.4, 0.5) is 0 Å². The Kier molecular flexibility index (Phi) is 4.20. The molecule has 0 radical (unpaired) electrons. The molecule has 1 aromatic carbocycles. The first-order valence-corrected chi connectivity index (χ1v) is 6.22. The Balaban J connectivity index is 2.00. The number of hydrogen-bond donors (Lipinski definition) is 1. The second-order valence-corrected chi connectivity index (χ2v) is 4.60. The van der Waals surface area contributed by atoms with Crippen molar-refractivity contribution in [2.45, 2.75) is 19.8 Å². The van der Waals surface area contributed by atoms with E-state index in [-0.39, 0.29) is 0 Å². The molecule has 0 unspecified atom stereocenters. The Hall–Kier alpha value is -1.55. The number of carbonyl (C=O) groups is 1. The summed E-state index contributed by atoms with van der Waals surface area (Å²) in [5.74, 6) is 0.261. The minimum Gasteiger partial charge on any atom is -0.493 e. The number of carboxylic acids is 1. The van der Waals surface area contributed by atoms with E-state index in [1.54, 1.807) is 19.1 Å². The molecule has 1 aliphatic rings. The minimum atomic E-state index is -0.913. The molecule has 2 rings (SSSR count). The normalized spacial score (nSPS) is 16.5. The fraction of sp³-hybridized carbons (Fsp3) is 0.500. The summed E-state index contributed by atoms with van der Waals surface area (Å²) in [5.41, 5.74) is 0.997. The largest absolute Gasteiger partial charge is 0.493 e. The van der Waals surface area contributed by atoms with Crippen LogP contribution in [0.1, 0.15) is 28.8 Å². The summed E-state index contributed by atoms with van der Waals surface area (Å²) in [5, 5.41) is 9.03. The van der Waals surface area contributed by atoms with Gasteiger partial charge >= 0.3 is 5.97 Å². The van der Waals surface area contributed by atoms with Gasteiger partial charge in [0.1, 0.15) is 5.75 Å². The van der Waals surface area contributed by atoms with Crippen LogP contribution >= 0.6 is 0 Å². The highest BCUT2D eigenvalue weighted by Gasteiger charge is 2.16. The highest BCUT2D eigenvalue weighted by molar-refractivity contribution is 5.90. The molecule has 1 aliphatic heterocycles. The van der Waals surface area contributed by atoms with Crippen molar-refractivity contribution in [1.82, 2.24) is 0 Å². The average molecular weight is 250 g/mol. The number of ether oxygens (including phenoxy) is 2. The Morgan fingerprint density at radius 1 is 1.44 bits per heavy atom. The zero-order valence-electron chi connectivity index (χ0n) is 10.5. The fourth-order valence-corrected chi connectivity index (χ4v) is 2.12. The second-order valence-electron chi connectivity index (χ2n) is 4.60. The SMILES string of the molecule is Cc1c(OCC2CCOCC2)cccc1C(=O)O. The van der Waals surface area contributed by atoms with Gasteiger partial charge in [0.2, 0.25) is 0 Å². The van der Waals surface area contributed by atoms with Gasteiger partial charge in [-0.2, -0.15) is 0 Å². The summed E-state index contributed by atoms with van der Waals surface area (Å²) < 4.78 is 11.0. The first-order chi connectivity index (χ1) is 8.68. The smallest absolute Gasteiger partial charge is 0.336 e. The highest BCUT2D eigenvalue weighted by Crippen LogP contribution is 2.23. The molecule has 18 heavy (non-hydrogen) atoms. The van der Waals surface area contributed by atoms with Crippen LogP contribution in [0.3, 0.4) is 0 Å². The van der Waals surface area contributed by atoms with Crippen molar-refractivity contribution in [3.8, 4) is 5.75 Å². The van der Waals surface area contributed by atoms with E-state index in [0.29, 0.717) is 29.4 Å². The molecule has 0 saturated carbocycles. The van der Waals surface area contributed by atoms with Crippen LogP contribution < -0.4 is 4.74 Å². The van der Waals surface area contributed by atoms with Gasteiger partial charge in [0.15, 0.2) is 0 Å². The number of aromatic carboxylic acids is 1. The Bertz CT molecular complexity index is 422. The molecular formula is C14H18O4. The number of hydrogen-bond acceptors (Lipinski definition) is 3. The standard InChI is InChI=1S/C14H18O4/c1-10-12(14(15)16)3-2-4-13(10)18-9-11-5-7-17-8-6-11/h2-4,11H,5-9H2,1H3,(H,15,16). The summed E-state index contributed by atoms with van der Waals surface area (Å²) >= 11 is 0. The van der Waals surface area contributed by atoms with E-state index >= 15 is 0 Å². The van der Waals surface area contributed by atoms with Gasteiger partial charge in [-0.15, -0.1) is 0 Å². The van der Waals surface area contributed by atoms with Gasteiger partial charge in [-0.3, -0.25) is 0 Å². The van der Waals surface area contributed by atoms with Crippen molar-refractivity contribution in [2.24, 2.45) is 5.92 Å². The van der Waals surface area contributed by atoms with Gasteiger partial charge in [0.25, 0.3) is 0 Å². The summed E-state index contributed by atoms with van der Waals surface area (Å²) in [6.45, 7) is 4.00. The summed E-state index contributed by atoms with van der Waals surface area (Å²) in [6.07, 6.45) is 2.02. The van der Waals surface area contributed by atoms with Gasteiger partial charge in [-0.05, 0) is 37.8 Å². The third-order valence-electron chi connectivity index (χ3n) is 3.33. The van der Waals surface area contributed by atoms with Crippen LogP contribution in [0.15, 0.2) is 18.2 Å². The van der Waals surface area contributed by atoms with Gasteiger partial charge in [-0.25, -0.2) is 4.79 Å². The van der Waals surface area contributed by atoms with Crippen molar-refractivity contribution in [3.63, 3.8) is 0 Å². The lowest BCUT2D eigenvalue weighted by molar-refractivity contribution is 0.0496. The summed E-state index contributed by atoms with van der Waals surface area (Å²) in [6, 6.07) is 5.13. The Morgan fingerprint density at radius 2 is 2.17 bits per heavy atom. The van der Waals surface area contributed by atoms with E-state index in [1.807, 2.05) is 6.07 Å². The molecular weight excluding hydrogens is 232 g/mol. The van der Waals surface area contributed by atoms with E-state index in [0.717, 1.165) is 26.1 Å². The lowest BCUT2D eigenvalue weighted by atomic mass is 10.0. The first kappa shape index (κ1) is 12.9. The quantitative estimate of drug-likeness (QED) is 0.892. The maximum atomic E-state index is 11.0. The molecule has 4 nitrogen and oxygen atoms in total. The highest BCUT2D eigenvalue weighted by atomic mass is 16.5. The van der Waals surface area contributed by atoms with Crippen molar-refractivity contribution in [3.05, 3.63) is 29.3 Å². The maximum absolute atomic E-state index is 11.0. The molecule has 0 amide bonds. The Labute approximate surface area is 107 Å². The summed E-state index contributed by atoms with van der Waals surface area (Å²) in [4.78, 5) is 11.0. The van der Waals surface area contributed by atoms with E-state index in [4.69, 9.17) is 14.6 Å². The molecule has 1 saturated heterocycles. The lowest BCUT2D eigenvalue weighted by Gasteiger charge is -2.22. The molecule has 1 heterocycles. The van der Waals surface area contributed by atoms with Crippen LogP contribution in [0.5, 0.6) is 5.75 Å². The van der Waals surface area contributed by atoms with Crippen LogP contribution in [0.2, 0.25) is 0 Å². The van der Waals surface area contributed by atoms with Crippen LogP contribution in [0.25, 0.3) is 0 Å². The topological polar surface area (TPSA) is 55.8 Å². The van der Waals surface area contributed by atoms with E-state index in [9.17, 15) is 4.79 Å². The molecule has 1 aromatic rings. The number of carboxylic acid groups (broad SMARTS) is 1. The van der Waals surface area contributed by atoms with E-state index in [2.05, 4.69) is 0 Å². The predicted octanol–water partition coefficient (Wildman–Crippen LogP) is 2.50. The van der Waals surface area contributed by atoms with Gasteiger partial charge in [0, 0.05) is 18.8 Å². The maximum Gasteiger partial charge on any atom is 0.336 e. The molecule has 98 valence electrons. The third kappa shape index (κ3) is 3.01. The molecule has 0 aliphatic carbocycles.